The molecule has 0 aliphatic rings. The highest BCUT2D eigenvalue weighted by Gasteiger charge is 2.16. The van der Waals surface area contributed by atoms with Gasteiger partial charge in [-0.1, -0.05) is 0 Å². The summed E-state index contributed by atoms with van der Waals surface area (Å²) in [4.78, 5) is 35.1. The maximum atomic E-state index is 12.1. The third-order valence-electron chi connectivity index (χ3n) is 4.25. The lowest BCUT2D eigenvalue weighted by atomic mass is 10.0. The molecule has 1 aromatic heterocycles. The number of carboxylic acids is 1. The maximum absolute atomic E-state index is 12.1. The first-order valence-corrected chi connectivity index (χ1v) is 9.80. The Morgan fingerprint density at radius 2 is 1.96 bits per heavy atom. The molecule has 0 fully saturated rings. The van der Waals surface area contributed by atoms with Gasteiger partial charge in [0.25, 0.3) is 5.91 Å². The lowest BCUT2D eigenvalue weighted by molar-refractivity contribution is -0.308. The van der Waals surface area contributed by atoms with Crippen molar-refractivity contribution in [2.75, 3.05) is 18.6 Å². The van der Waals surface area contributed by atoms with Crippen LogP contribution in [0.4, 0.5) is 0 Å². The topological polar surface area (TPSA) is 109 Å². The van der Waals surface area contributed by atoms with Crippen LogP contribution in [0.25, 0.3) is 11.0 Å². The number of thioether (sulfide) groups is 1. The Labute approximate surface area is 161 Å². The second-order valence-electron chi connectivity index (χ2n) is 6.28. The molecular formula is C19H22NO6S-. The van der Waals surface area contributed by atoms with Crippen LogP contribution in [0, 0.1) is 20.8 Å². The van der Waals surface area contributed by atoms with E-state index in [2.05, 4.69) is 5.32 Å². The van der Waals surface area contributed by atoms with Gasteiger partial charge in [-0.05, 0) is 62.5 Å². The van der Waals surface area contributed by atoms with Crippen LogP contribution in [0.5, 0.6) is 5.75 Å². The molecule has 0 saturated heterocycles. The van der Waals surface area contributed by atoms with Gasteiger partial charge in [-0.15, -0.1) is 0 Å². The van der Waals surface area contributed by atoms with Gasteiger partial charge in [0.15, 0.2) is 6.61 Å². The van der Waals surface area contributed by atoms with Crippen molar-refractivity contribution in [3.63, 3.8) is 0 Å². The van der Waals surface area contributed by atoms with Gasteiger partial charge in [0, 0.05) is 5.56 Å². The molecule has 2 aromatic rings. The SMILES string of the molecule is CSCC[C@H](NC(=O)COc1cc(C)cc2oc(=O)c(C)c(C)c12)C(=O)[O-]. The Hall–Kier alpha value is -2.48. The summed E-state index contributed by atoms with van der Waals surface area (Å²) in [5, 5.41) is 14.2. The molecule has 8 heteroatoms. The number of carbonyl (C=O) groups excluding carboxylic acids is 2. The second-order valence-corrected chi connectivity index (χ2v) is 7.27. The zero-order chi connectivity index (χ0) is 20.1. The Morgan fingerprint density at radius 1 is 1.26 bits per heavy atom. The number of benzene rings is 1. The first-order chi connectivity index (χ1) is 12.7. The molecule has 0 aliphatic carbocycles. The minimum absolute atomic E-state index is 0.270. The highest BCUT2D eigenvalue weighted by Crippen LogP contribution is 2.30. The number of aryl methyl sites for hydroxylation is 2. The van der Waals surface area contributed by atoms with Crippen LogP contribution in [0.2, 0.25) is 0 Å². The summed E-state index contributed by atoms with van der Waals surface area (Å²) in [7, 11) is 0. The number of aliphatic carboxylic acids is 1. The van der Waals surface area contributed by atoms with Gasteiger partial charge < -0.3 is 24.4 Å². The fourth-order valence-electron chi connectivity index (χ4n) is 2.67. The van der Waals surface area contributed by atoms with E-state index in [0.29, 0.717) is 33.6 Å². The number of rotatable bonds is 8. The molecule has 2 rings (SSSR count). The maximum Gasteiger partial charge on any atom is 0.339 e. The molecular weight excluding hydrogens is 370 g/mol. The quantitative estimate of drug-likeness (QED) is 0.670. The molecule has 1 heterocycles. The standard InChI is InChI=1S/C19H23NO6S/c1-10-7-14(17-11(2)12(3)19(24)26-15(17)8-10)25-9-16(21)20-13(18(22)23)5-6-27-4/h7-8,13H,5-6,9H2,1-4H3,(H,20,21)(H,22,23)/p-1/t13-/m0/s1. The summed E-state index contributed by atoms with van der Waals surface area (Å²) in [6.45, 7) is 4.90. The molecule has 0 saturated carbocycles. The molecule has 7 nitrogen and oxygen atoms in total. The highest BCUT2D eigenvalue weighted by atomic mass is 32.2. The fraction of sp³-hybridized carbons (Fsp3) is 0.421. The predicted molar refractivity (Wildman–Crippen MR) is 102 cm³/mol. The van der Waals surface area contributed by atoms with Crippen molar-refractivity contribution in [1.82, 2.24) is 5.32 Å². The molecule has 1 N–H and O–H groups in total. The van der Waals surface area contributed by atoms with Crippen LogP contribution < -0.4 is 20.8 Å². The van der Waals surface area contributed by atoms with E-state index in [1.807, 2.05) is 13.2 Å². The molecule has 27 heavy (non-hydrogen) atoms. The summed E-state index contributed by atoms with van der Waals surface area (Å²) in [6, 6.07) is 2.40. The van der Waals surface area contributed by atoms with Crippen molar-refractivity contribution in [1.29, 1.82) is 0 Å². The predicted octanol–water partition coefficient (Wildman–Crippen LogP) is 1.08. The Morgan fingerprint density at radius 3 is 2.59 bits per heavy atom. The molecule has 0 aliphatic heterocycles. The number of ether oxygens (including phenoxy) is 1. The molecule has 146 valence electrons. The number of amides is 1. The van der Waals surface area contributed by atoms with Gasteiger partial charge in [0.1, 0.15) is 11.3 Å². The number of hydrogen-bond acceptors (Lipinski definition) is 7. The largest absolute Gasteiger partial charge is 0.548 e. The summed E-state index contributed by atoms with van der Waals surface area (Å²) < 4.78 is 10.9. The van der Waals surface area contributed by atoms with E-state index >= 15 is 0 Å². The average Bonchev–Trinajstić information content (AvgIpc) is 2.60. The van der Waals surface area contributed by atoms with E-state index in [0.717, 1.165) is 5.56 Å². The highest BCUT2D eigenvalue weighted by molar-refractivity contribution is 7.98. The Kier molecular flexibility index (Phi) is 6.90. The van der Waals surface area contributed by atoms with E-state index in [1.165, 1.54) is 11.8 Å². The van der Waals surface area contributed by atoms with Crippen LogP contribution in [0.15, 0.2) is 21.3 Å². The van der Waals surface area contributed by atoms with Gasteiger partial charge in [-0.3, -0.25) is 4.79 Å². The van der Waals surface area contributed by atoms with E-state index in [9.17, 15) is 19.5 Å². The van der Waals surface area contributed by atoms with Gasteiger partial charge in [-0.2, -0.15) is 11.8 Å². The Balaban J connectivity index is 2.21. The first kappa shape index (κ1) is 20.8. The number of hydrogen-bond donors (Lipinski definition) is 1. The molecule has 0 spiro atoms. The van der Waals surface area contributed by atoms with Crippen molar-refractivity contribution in [3.8, 4) is 5.75 Å². The van der Waals surface area contributed by atoms with Gasteiger partial charge in [-0.25, -0.2) is 4.79 Å². The number of nitrogens with one attached hydrogen (secondary N) is 1. The smallest absolute Gasteiger partial charge is 0.339 e. The van der Waals surface area contributed by atoms with Crippen LogP contribution in [0.3, 0.4) is 0 Å². The van der Waals surface area contributed by atoms with Gasteiger partial charge >= 0.3 is 5.63 Å². The second kappa shape index (κ2) is 8.94. The average molecular weight is 392 g/mol. The van der Waals surface area contributed by atoms with Gasteiger partial charge in [0.05, 0.1) is 17.4 Å². The van der Waals surface area contributed by atoms with E-state index in [-0.39, 0.29) is 13.0 Å². The van der Waals surface area contributed by atoms with Gasteiger partial charge in [0.2, 0.25) is 0 Å². The summed E-state index contributed by atoms with van der Waals surface area (Å²) >= 11 is 1.48. The van der Waals surface area contributed by atoms with E-state index < -0.39 is 23.5 Å². The fourth-order valence-corrected chi connectivity index (χ4v) is 3.14. The van der Waals surface area contributed by atoms with E-state index in [1.54, 1.807) is 26.0 Å². The number of carbonyl (C=O) groups is 2. The first-order valence-electron chi connectivity index (χ1n) is 8.41. The minimum atomic E-state index is -1.33. The summed E-state index contributed by atoms with van der Waals surface area (Å²) in [6.07, 6.45) is 2.12. The molecule has 1 amide bonds. The molecule has 1 atom stereocenters. The summed E-state index contributed by atoms with van der Waals surface area (Å²) in [5.41, 5.74) is 1.95. The molecule has 1 aromatic carbocycles. The third kappa shape index (κ3) is 5.03. The monoisotopic (exact) mass is 392 g/mol. The van der Waals surface area contributed by atoms with E-state index in [4.69, 9.17) is 9.15 Å². The number of carboxylic acid groups (broad SMARTS) is 1. The summed E-state index contributed by atoms with van der Waals surface area (Å²) in [5.74, 6) is -0.906. The zero-order valence-electron chi connectivity index (χ0n) is 15.7. The van der Waals surface area contributed by atoms with Crippen molar-refractivity contribution in [2.45, 2.75) is 33.2 Å². The normalized spacial score (nSPS) is 12.0. The van der Waals surface area contributed by atoms with Crippen molar-refractivity contribution >= 4 is 34.6 Å². The van der Waals surface area contributed by atoms with Crippen LogP contribution in [-0.4, -0.2) is 36.5 Å². The van der Waals surface area contributed by atoms with Crippen LogP contribution in [0.1, 0.15) is 23.1 Å². The van der Waals surface area contributed by atoms with Crippen LogP contribution in [-0.2, 0) is 9.59 Å². The third-order valence-corrected chi connectivity index (χ3v) is 4.89. The Bertz CT molecular complexity index is 921. The lowest BCUT2D eigenvalue weighted by Crippen LogP contribution is -2.49. The molecule has 0 unspecified atom stereocenters. The minimum Gasteiger partial charge on any atom is -0.548 e. The molecule has 0 bridgehead atoms. The van der Waals surface area contributed by atoms with Crippen molar-refractivity contribution in [2.24, 2.45) is 0 Å². The zero-order valence-corrected chi connectivity index (χ0v) is 16.5. The number of fused-ring (bicyclic) bond motifs is 1. The lowest BCUT2D eigenvalue weighted by Gasteiger charge is -2.19. The molecule has 0 radical (unpaired) electrons. The van der Waals surface area contributed by atoms with Crippen LogP contribution >= 0.6 is 11.8 Å². The van der Waals surface area contributed by atoms with Crippen molar-refractivity contribution < 1.29 is 23.8 Å². The van der Waals surface area contributed by atoms with Crippen molar-refractivity contribution in [3.05, 3.63) is 39.2 Å².